The van der Waals surface area contributed by atoms with E-state index in [1.807, 2.05) is 6.92 Å². The van der Waals surface area contributed by atoms with Crippen LogP contribution in [0.25, 0.3) is 0 Å². The van der Waals surface area contributed by atoms with Crippen LogP contribution >= 0.6 is 0 Å². The number of rotatable bonds is 11. The molecular formula is C15H28N2O8S. The first-order valence-electron chi connectivity index (χ1n) is 8.41. The van der Waals surface area contributed by atoms with Gasteiger partial charge in [-0.05, 0) is 13.8 Å². The predicted octanol–water partition coefficient (Wildman–Crippen LogP) is -0.998. The number of hydrogen-bond donors (Lipinski definition) is 1. The smallest absolute Gasteiger partial charge is 0.318 e. The van der Waals surface area contributed by atoms with Crippen LogP contribution in [-0.4, -0.2) is 106 Å². The van der Waals surface area contributed by atoms with Crippen LogP contribution in [0.2, 0.25) is 0 Å². The van der Waals surface area contributed by atoms with Gasteiger partial charge in [-0.2, -0.15) is 4.31 Å². The van der Waals surface area contributed by atoms with Crippen LogP contribution in [0.5, 0.6) is 0 Å². The highest BCUT2D eigenvalue weighted by Gasteiger charge is 2.31. The molecule has 26 heavy (non-hydrogen) atoms. The zero-order valence-corrected chi connectivity index (χ0v) is 16.2. The van der Waals surface area contributed by atoms with Gasteiger partial charge in [0, 0.05) is 26.2 Å². The molecular weight excluding hydrogens is 368 g/mol. The van der Waals surface area contributed by atoms with E-state index in [-0.39, 0.29) is 25.6 Å². The average Bonchev–Trinajstić information content (AvgIpc) is 2.56. The minimum Gasteiger partial charge on any atom is -0.480 e. The molecule has 1 aliphatic heterocycles. The van der Waals surface area contributed by atoms with Crippen molar-refractivity contribution in [3.63, 3.8) is 0 Å². The van der Waals surface area contributed by atoms with Crippen LogP contribution in [0.15, 0.2) is 0 Å². The van der Waals surface area contributed by atoms with Crippen molar-refractivity contribution in [3.8, 4) is 0 Å². The fourth-order valence-electron chi connectivity index (χ4n) is 2.48. The van der Waals surface area contributed by atoms with Gasteiger partial charge in [0.1, 0.15) is 12.6 Å². The van der Waals surface area contributed by atoms with Crippen LogP contribution in [0.4, 0.5) is 0 Å². The Labute approximate surface area is 154 Å². The summed E-state index contributed by atoms with van der Waals surface area (Å²) in [6.07, 6.45) is -0.313. The van der Waals surface area contributed by atoms with E-state index in [1.54, 1.807) is 11.8 Å². The molecule has 1 saturated heterocycles. The summed E-state index contributed by atoms with van der Waals surface area (Å²) in [4.78, 5) is 24.9. The molecule has 1 N–H and O–H groups in total. The normalized spacial score (nSPS) is 19.5. The molecule has 0 radical (unpaired) electrons. The van der Waals surface area contributed by atoms with Crippen LogP contribution in [0.3, 0.4) is 0 Å². The largest absolute Gasteiger partial charge is 0.480 e. The molecule has 1 fully saturated rings. The lowest BCUT2D eigenvalue weighted by Crippen LogP contribution is -2.53. The fraction of sp³-hybridized carbons (Fsp3) is 0.867. The molecule has 0 saturated carbocycles. The van der Waals surface area contributed by atoms with Gasteiger partial charge in [0.2, 0.25) is 10.0 Å². The summed E-state index contributed by atoms with van der Waals surface area (Å²) in [5.74, 6) is -1.48. The topological polar surface area (TPSA) is 123 Å². The lowest BCUT2D eigenvalue weighted by Gasteiger charge is -2.35. The Hall–Kier alpha value is -1.27. The Morgan fingerprint density at radius 2 is 2.08 bits per heavy atom. The number of carboxylic acids is 1. The number of carbonyl (C=O) groups excluding carboxylic acids is 1. The fourth-order valence-corrected chi connectivity index (χ4v) is 3.26. The maximum absolute atomic E-state index is 12.4. The predicted molar refractivity (Wildman–Crippen MR) is 92.3 cm³/mol. The Balaban J connectivity index is 2.59. The van der Waals surface area contributed by atoms with E-state index in [1.165, 1.54) is 0 Å². The zero-order valence-electron chi connectivity index (χ0n) is 15.4. The number of aliphatic carboxylic acids is 1. The molecule has 1 heterocycles. The molecule has 1 rings (SSSR count). The first-order valence-corrected chi connectivity index (χ1v) is 10.3. The highest BCUT2D eigenvalue weighted by atomic mass is 32.2. The molecule has 0 bridgehead atoms. The van der Waals surface area contributed by atoms with Gasteiger partial charge in [-0.25, -0.2) is 8.42 Å². The Bertz CT molecular complexity index is 568. The molecule has 11 heteroatoms. The molecule has 0 aromatic rings. The first kappa shape index (κ1) is 22.8. The van der Waals surface area contributed by atoms with E-state index in [0.29, 0.717) is 26.4 Å². The van der Waals surface area contributed by atoms with Crippen LogP contribution in [0.1, 0.15) is 13.8 Å². The van der Waals surface area contributed by atoms with Crippen molar-refractivity contribution >= 4 is 21.9 Å². The highest BCUT2D eigenvalue weighted by Crippen LogP contribution is 2.11. The van der Waals surface area contributed by atoms with Gasteiger partial charge >= 0.3 is 5.97 Å². The summed E-state index contributed by atoms with van der Waals surface area (Å²) < 4.78 is 40.4. The van der Waals surface area contributed by atoms with Gasteiger partial charge in [-0.15, -0.1) is 0 Å². The third-order valence-electron chi connectivity index (χ3n) is 3.79. The molecule has 2 unspecified atom stereocenters. The summed E-state index contributed by atoms with van der Waals surface area (Å²) in [7, 11) is -3.70. The molecule has 152 valence electrons. The van der Waals surface area contributed by atoms with E-state index >= 15 is 0 Å². The van der Waals surface area contributed by atoms with Gasteiger partial charge in [0.25, 0.3) is 5.91 Å². The van der Waals surface area contributed by atoms with E-state index in [0.717, 1.165) is 10.6 Å². The zero-order chi connectivity index (χ0) is 19.7. The van der Waals surface area contributed by atoms with Crippen LogP contribution in [0, 0.1) is 0 Å². The minimum atomic E-state index is -3.70. The standard InChI is InChI=1S/C15H28N2O8S/c1-4-23-7-8-24-12(2)15(20)16-5-6-25-13(9-16)10-17(11-14(18)19)26(3,21)22/h12-13H,4-11H2,1-3H3,(H,18,19). The van der Waals surface area contributed by atoms with Gasteiger partial charge < -0.3 is 24.2 Å². The van der Waals surface area contributed by atoms with Crippen LogP contribution in [-0.2, 0) is 33.8 Å². The summed E-state index contributed by atoms with van der Waals surface area (Å²) >= 11 is 0. The van der Waals surface area contributed by atoms with Crippen molar-refractivity contribution in [2.24, 2.45) is 0 Å². The van der Waals surface area contributed by atoms with E-state index in [4.69, 9.17) is 19.3 Å². The Kier molecular flexibility index (Phi) is 9.44. The molecule has 1 aliphatic rings. The number of sulfonamides is 1. The van der Waals surface area contributed by atoms with Gasteiger partial charge in [0.15, 0.2) is 0 Å². The molecule has 2 atom stereocenters. The highest BCUT2D eigenvalue weighted by molar-refractivity contribution is 7.88. The van der Waals surface area contributed by atoms with E-state index < -0.39 is 34.7 Å². The second kappa shape index (κ2) is 10.8. The molecule has 0 aliphatic carbocycles. The second-order valence-corrected chi connectivity index (χ2v) is 7.92. The number of nitrogens with zero attached hydrogens (tertiary/aromatic N) is 2. The summed E-state index contributed by atoms with van der Waals surface area (Å²) in [5, 5.41) is 8.87. The van der Waals surface area contributed by atoms with E-state index in [9.17, 15) is 18.0 Å². The summed E-state index contributed by atoms with van der Waals surface area (Å²) in [6.45, 7) is 4.79. The van der Waals surface area contributed by atoms with Gasteiger partial charge in [-0.3, -0.25) is 9.59 Å². The number of hydrogen-bond acceptors (Lipinski definition) is 7. The number of carbonyl (C=O) groups is 2. The van der Waals surface area contributed by atoms with Gasteiger partial charge in [-0.1, -0.05) is 0 Å². The van der Waals surface area contributed by atoms with Crippen molar-refractivity contribution < 1.29 is 37.3 Å². The number of morpholine rings is 1. The Morgan fingerprint density at radius 1 is 1.38 bits per heavy atom. The monoisotopic (exact) mass is 396 g/mol. The number of ether oxygens (including phenoxy) is 3. The maximum Gasteiger partial charge on any atom is 0.318 e. The molecule has 0 aromatic heterocycles. The van der Waals surface area contributed by atoms with E-state index in [2.05, 4.69) is 0 Å². The molecule has 0 aromatic carbocycles. The number of carboxylic acid groups (broad SMARTS) is 1. The first-order chi connectivity index (χ1) is 12.1. The third kappa shape index (κ3) is 7.96. The lowest BCUT2D eigenvalue weighted by atomic mass is 10.2. The van der Waals surface area contributed by atoms with Crippen molar-refractivity contribution in [3.05, 3.63) is 0 Å². The molecule has 1 amide bonds. The van der Waals surface area contributed by atoms with Crippen molar-refractivity contribution in [1.29, 1.82) is 0 Å². The SMILES string of the molecule is CCOCCOC(C)C(=O)N1CCOC(CN(CC(=O)O)S(C)(=O)=O)C1. The summed E-state index contributed by atoms with van der Waals surface area (Å²) in [6, 6.07) is 0. The minimum absolute atomic E-state index is 0.130. The third-order valence-corrected chi connectivity index (χ3v) is 5.00. The van der Waals surface area contributed by atoms with Crippen molar-refractivity contribution in [2.75, 3.05) is 58.9 Å². The van der Waals surface area contributed by atoms with Crippen molar-refractivity contribution in [1.82, 2.24) is 9.21 Å². The van der Waals surface area contributed by atoms with Gasteiger partial charge in [0.05, 0.1) is 32.2 Å². The van der Waals surface area contributed by atoms with Crippen molar-refractivity contribution in [2.45, 2.75) is 26.1 Å². The maximum atomic E-state index is 12.4. The summed E-state index contributed by atoms with van der Waals surface area (Å²) in [5.41, 5.74) is 0. The van der Waals surface area contributed by atoms with Crippen LogP contribution < -0.4 is 0 Å². The lowest BCUT2D eigenvalue weighted by molar-refractivity contribution is -0.151. The average molecular weight is 396 g/mol. The second-order valence-electron chi connectivity index (χ2n) is 5.94. The number of amides is 1. The quantitative estimate of drug-likeness (QED) is 0.441. The molecule has 10 nitrogen and oxygen atoms in total. The Morgan fingerprint density at radius 3 is 2.65 bits per heavy atom. The molecule has 0 spiro atoms.